The third-order valence-corrected chi connectivity index (χ3v) is 1.68. The van der Waals surface area contributed by atoms with Crippen molar-refractivity contribution in [1.29, 1.82) is 0 Å². The van der Waals surface area contributed by atoms with Crippen LogP contribution in [0.2, 0.25) is 0 Å². The van der Waals surface area contributed by atoms with Gasteiger partial charge >= 0.3 is 11.6 Å². The number of anilines is 1. The summed E-state index contributed by atoms with van der Waals surface area (Å²) in [5.74, 6) is -2.23. The van der Waals surface area contributed by atoms with E-state index in [1.54, 1.807) is 0 Å². The van der Waals surface area contributed by atoms with Gasteiger partial charge in [-0.2, -0.15) is 0 Å². The molecule has 0 spiro atoms. The molecule has 0 saturated heterocycles. The molecule has 0 bridgehead atoms. The molecule has 0 unspecified atom stereocenters. The Morgan fingerprint density at radius 2 is 1.80 bits per heavy atom. The Balaban J connectivity index is 2.41. The fourth-order valence-electron chi connectivity index (χ4n) is 0.964. The topological polar surface area (TPSA) is 206 Å². The maximum atomic E-state index is 11.4. The Bertz CT molecular complexity index is 646. The van der Waals surface area contributed by atoms with Crippen LogP contribution in [0.3, 0.4) is 0 Å². The summed E-state index contributed by atoms with van der Waals surface area (Å²) in [5, 5.41) is 44.3. The second-order valence-corrected chi connectivity index (χ2v) is 2.82. The highest BCUT2D eigenvalue weighted by Gasteiger charge is 2.39. The fraction of sp³-hybridized carbons (Fsp3) is 0. The van der Waals surface area contributed by atoms with Gasteiger partial charge in [0.15, 0.2) is 11.4 Å². The molecule has 2 rings (SSSR count). The fourth-order valence-corrected chi connectivity index (χ4v) is 0.964. The van der Waals surface area contributed by atoms with Crippen LogP contribution in [0.25, 0.3) is 0 Å². The number of hydrogen-bond donors (Lipinski definition) is 0. The molecular formula is C4HN9O7. The molecule has 0 radical (unpaired) electrons. The van der Waals surface area contributed by atoms with E-state index >= 15 is 0 Å². The van der Waals surface area contributed by atoms with Gasteiger partial charge in [-0.3, -0.25) is 0 Å². The van der Waals surface area contributed by atoms with E-state index in [2.05, 4.69) is 35.0 Å². The molecule has 0 aliphatic carbocycles. The third kappa shape index (κ3) is 2.27. The second-order valence-electron chi connectivity index (χ2n) is 2.82. The largest absolute Gasteiger partial charge is 0.690 e. The van der Waals surface area contributed by atoms with Gasteiger partial charge in [-0.25, -0.2) is 24.9 Å². The first-order valence-corrected chi connectivity index (χ1v) is 4.38. The van der Waals surface area contributed by atoms with Crippen molar-refractivity contribution in [2.45, 2.75) is 0 Å². The Morgan fingerprint density at radius 1 is 1.10 bits per heavy atom. The van der Waals surface area contributed by atoms with Gasteiger partial charge in [-0.05, 0) is 15.5 Å². The van der Waals surface area contributed by atoms with Crippen LogP contribution in [0.5, 0.6) is 0 Å². The maximum Gasteiger partial charge on any atom is 0.418 e. The molecule has 0 amide bonds. The summed E-state index contributed by atoms with van der Waals surface area (Å²) in [6, 6.07) is 0. The molecule has 0 saturated carbocycles. The average molecular weight is 287 g/mol. The summed E-state index contributed by atoms with van der Waals surface area (Å²) in [5.41, 5.74) is 0. The molecule has 0 N–H and O–H groups in total. The molecule has 16 nitrogen and oxygen atoms in total. The van der Waals surface area contributed by atoms with Gasteiger partial charge < -0.3 is 5.21 Å². The Kier molecular flexibility index (Phi) is 3.10. The minimum Gasteiger partial charge on any atom is -0.690 e. The zero-order chi connectivity index (χ0) is 14.7. The zero-order valence-corrected chi connectivity index (χ0v) is 8.96. The Hall–Kier alpha value is -3.72. The number of hydrogen-bond acceptors (Lipinski definition) is 12. The summed E-state index contributed by atoms with van der Waals surface area (Å²) >= 11 is 0. The third-order valence-electron chi connectivity index (χ3n) is 1.68. The molecule has 20 heavy (non-hydrogen) atoms. The molecule has 0 atom stereocenters. The van der Waals surface area contributed by atoms with Crippen molar-refractivity contribution >= 4 is 17.5 Å². The first-order valence-electron chi connectivity index (χ1n) is 4.38. The molecule has 0 aromatic carbocycles. The van der Waals surface area contributed by atoms with Gasteiger partial charge in [0.1, 0.15) is 0 Å². The van der Waals surface area contributed by atoms with Crippen LogP contribution in [-0.4, -0.2) is 35.6 Å². The number of nitro groups is 2. The van der Waals surface area contributed by atoms with Gasteiger partial charge in [-0.15, -0.1) is 9.49 Å². The highest BCUT2D eigenvalue weighted by molar-refractivity contribution is 5.50. The lowest BCUT2D eigenvalue weighted by atomic mass is 10.6. The highest BCUT2D eigenvalue weighted by Crippen LogP contribution is 2.25. The minimum absolute atomic E-state index is 0.197. The van der Waals surface area contributed by atoms with Gasteiger partial charge in [0.05, 0.1) is 0 Å². The van der Waals surface area contributed by atoms with Gasteiger partial charge in [0.2, 0.25) is 15.2 Å². The molecule has 0 aliphatic rings. The lowest BCUT2D eigenvalue weighted by Gasteiger charge is -1.99. The normalized spacial score (nSPS) is 11.3. The van der Waals surface area contributed by atoms with Crippen LogP contribution in [0.1, 0.15) is 0 Å². The predicted octanol–water partition coefficient (Wildman–Crippen LogP) is -0.432. The lowest BCUT2D eigenvalue weighted by molar-refractivity contribution is -0.712. The summed E-state index contributed by atoms with van der Waals surface area (Å²) in [4.78, 5) is 20.8. The first kappa shape index (κ1) is 12.7. The van der Waals surface area contributed by atoms with Crippen molar-refractivity contribution in [3.8, 4) is 0 Å². The van der Waals surface area contributed by atoms with Gasteiger partial charge in [0, 0.05) is 0 Å². The molecule has 104 valence electrons. The van der Waals surface area contributed by atoms with Crippen LogP contribution in [0, 0.1) is 25.4 Å². The molecule has 2 aromatic rings. The van der Waals surface area contributed by atoms with Crippen LogP contribution in [-0.2, 0) is 0 Å². The van der Waals surface area contributed by atoms with Gasteiger partial charge in [-0.1, -0.05) is 5.11 Å². The summed E-state index contributed by atoms with van der Waals surface area (Å²) in [6.45, 7) is 0. The van der Waals surface area contributed by atoms with Gasteiger partial charge in [0.25, 0.3) is 5.82 Å². The smallest absolute Gasteiger partial charge is 0.418 e. The minimum atomic E-state index is -1.41. The van der Waals surface area contributed by atoms with E-state index in [9.17, 15) is 25.4 Å². The molecule has 16 heteroatoms. The van der Waals surface area contributed by atoms with Crippen molar-refractivity contribution < 1.29 is 24.2 Å². The molecule has 2 heterocycles. The average Bonchev–Trinajstić information content (AvgIpc) is 3.00. The zero-order valence-electron chi connectivity index (χ0n) is 8.96. The van der Waals surface area contributed by atoms with Crippen LogP contribution in [0.15, 0.2) is 20.6 Å². The van der Waals surface area contributed by atoms with E-state index in [-0.39, 0.29) is 4.86 Å². The molecule has 0 fully saturated rings. The maximum absolute atomic E-state index is 11.4. The van der Waals surface area contributed by atoms with Crippen molar-refractivity contribution in [3.63, 3.8) is 0 Å². The van der Waals surface area contributed by atoms with E-state index < -0.39 is 32.6 Å². The molecule has 0 aliphatic heterocycles. The second kappa shape index (κ2) is 4.88. The Morgan fingerprint density at radius 3 is 2.35 bits per heavy atom. The van der Waals surface area contributed by atoms with Crippen molar-refractivity contribution in [2.75, 3.05) is 5.12 Å². The van der Waals surface area contributed by atoms with Crippen molar-refractivity contribution in [2.24, 2.45) is 5.11 Å². The van der Waals surface area contributed by atoms with E-state index in [0.29, 0.717) is 0 Å². The summed E-state index contributed by atoms with van der Waals surface area (Å²) in [6.07, 6.45) is 0.877. The van der Waals surface area contributed by atoms with E-state index in [1.807, 2.05) is 0 Å². The first-order chi connectivity index (χ1) is 9.50. The van der Waals surface area contributed by atoms with Crippen molar-refractivity contribution in [1.82, 2.24) is 20.6 Å². The number of aromatic nitrogens is 4. The quantitative estimate of drug-likeness (QED) is 0.297. The van der Waals surface area contributed by atoms with E-state index in [1.165, 1.54) is 0 Å². The monoisotopic (exact) mass is 287 g/mol. The van der Waals surface area contributed by atoms with E-state index in [4.69, 9.17) is 0 Å². The van der Waals surface area contributed by atoms with E-state index in [0.717, 1.165) is 6.20 Å². The summed E-state index contributed by atoms with van der Waals surface area (Å²) in [7, 11) is 0. The number of hydrazine groups is 2. The molecular weight excluding hydrogens is 286 g/mol. The van der Waals surface area contributed by atoms with Crippen LogP contribution in [0.4, 0.5) is 17.5 Å². The Labute approximate surface area is 105 Å². The number of rotatable bonds is 5. The lowest BCUT2D eigenvalue weighted by Crippen LogP contribution is -2.35. The SMILES string of the molecule is O=[N+]([O-])N(c1nonc1N=[N+]([O-])c1cnon1)[N+](=O)[O-]. The molecule has 2 aromatic heterocycles. The summed E-state index contributed by atoms with van der Waals surface area (Å²) < 4.78 is 8.20. The van der Waals surface area contributed by atoms with Crippen LogP contribution < -0.4 is 5.12 Å². The number of azo groups is 1. The van der Waals surface area contributed by atoms with Crippen molar-refractivity contribution in [3.05, 3.63) is 31.6 Å². The van der Waals surface area contributed by atoms with Crippen LogP contribution >= 0.6 is 0 Å². The number of nitrogens with zero attached hydrogens (tertiary/aromatic N) is 9. The standard InChI is InChI=1S/C4HN9O7/c14-10(2-1-5-19-7-2)6-3-4(9-20-8-3)11(12(15)16)13(17)18/h1H. The highest BCUT2D eigenvalue weighted by atomic mass is 16.8. The predicted molar refractivity (Wildman–Crippen MR) is 50.4 cm³/mol.